The second kappa shape index (κ2) is 2.92. The molecule has 0 bridgehead atoms. The molecule has 1 aliphatic rings. The Morgan fingerprint density at radius 1 is 1.60 bits per heavy atom. The molecule has 54 valence electrons. The van der Waals surface area contributed by atoms with E-state index in [1.807, 2.05) is 6.08 Å². The molecule has 1 saturated carbocycles. The second-order valence-corrected chi connectivity index (χ2v) is 3.11. The summed E-state index contributed by atoms with van der Waals surface area (Å²) in [7, 11) is 0. The van der Waals surface area contributed by atoms with Crippen molar-refractivity contribution in [1.29, 1.82) is 0 Å². The van der Waals surface area contributed by atoms with Gasteiger partial charge in [0, 0.05) is 5.92 Å². The molecule has 1 fully saturated rings. The van der Waals surface area contributed by atoms with E-state index in [2.05, 4.69) is 19.4 Å². The van der Waals surface area contributed by atoms with E-state index in [1.165, 1.54) is 12.8 Å². The summed E-state index contributed by atoms with van der Waals surface area (Å²) in [6, 6.07) is 0. The van der Waals surface area contributed by atoms with Gasteiger partial charge in [0.15, 0.2) is 0 Å². The van der Waals surface area contributed by atoms with Crippen LogP contribution in [0.25, 0.3) is 0 Å². The van der Waals surface area contributed by atoms with Crippen molar-refractivity contribution in [3.8, 4) is 12.3 Å². The third kappa shape index (κ3) is 1.09. The molecule has 0 N–H and O–H groups in total. The average molecular weight is 134 g/mol. The molecule has 0 heterocycles. The molecule has 0 aromatic heterocycles. The van der Waals surface area contributed by atoms with Gasteiger partial charge in [0.25, 0.3) is 0 Å². The summed E-state index contributed by atoms with van der Waals surface area (Å²) in [6.07, 6.45) is 9.82. The first kappa shape index (κ1) is 7.41. The Kier molecular flexibility index (Phi) is 2.17. The van der Waals surface area contributed by atoms with Crippen LogP contribution in [0.4, 0.5) is 0 Å². The number of hydrogen-bond acceptors (Lipinski definition) is 0. The number of terminal acetylenes is 1. The summed E-state index contributed by atoms with van der Waals surface area (Å²) in [5.74, 6) is 4.66. The van der Waals surface area contributed by atoms with Crippen LogP contribution in [0.1, 0.15) is 19.8 Å². The third-order valence-electron chi connectivity index (χ3n) is 2.64. The Balaban J connectivity index is 2.59. The Morgan fingerprint density at radius 3 is 2.60 bits per heavy atom. The lowest BCUT2D eigenvalue weighted by Crippen LogP contribution is -2.06. The molecule has 0 spiro atoms. The van der Waals surface area contributed by atoms with E-state index in [0.29, 0.717) is 17.8 Å². The Labute approximate surface area is 63.3 Å². The van der Waals surface area contributed by atoms with Crippen molar-refractivity contribution < 1.29 is 0 Å². The Bertz CT molecular complexity index is 161. The largest absolute Gasteiger partial charge is 0.120 e. The fourth-order valence-corrected chi connectivity index (χ4v) is 1.76. The first-order chi connectivity index (χ1) is 4.79. The molecule has 0 aromatic rings. The predicted molar refractivity (Wildman–Crippen MR) is 44.4 cm³/mol. The highest BCUT2D eigenvalue weighted by Gasteiger charge is 2.28. The third-order valence-corrected chi connectivity index (χ3v) is 2.64. The van der Waals surface area contributed by atoms with Gasteiger partial charge in [0.1, 0.15) is 0 Å². The van der Waals surface area contributed by atoms with Gasteiger partial charge in [-0.25, -0.2) is 0 Å². The van der Waals surface area contributed by atoms with E-state index in [0.717, 1.165) is 0 Å². The van der Waals surface area contributed by atoms with Crippen LogP contribution in [0.3, 0.4) is 0 Å². The van der Waals surface area contributed by atoms with Gasteiger partial charge < -0.3 is 0 Å². The fraction of sp³-hybridized carbons (Fsp3) is 0.600. The number of hydrogen-bond donors (Lipinski definition) is 0. The molecule has 0 amide bonds. The van der Waals surface area contributed by atoms with Crippen LogP contribution in [0, 0.1) is 30.1 Å². The molecule has 0 nitrogen and oxygen atoms in total. The van der Waals surface area contributed by atoms with E-state index in [9.17, 15) is 0 Å². The van der Waals surface area contributed by atoms with E-state index < -0.39 is 0 Å². The zero-order chi connectivity index (χ0) is 7.56. The lowest BCUT2D eigenvalue weighted by molar-refractivity contribution is 0.449. The summed E-state index contributed by atoms with van der Waals surface area (Å²) >= 11 is 0. The monoisotopic (exact) mass is 134 g/mol. The van der Waals surface area contributed by atoms with Crippen molar-refractivity contribution in [3.05, 3.63) is 12.7 Å². The minimum absolute atomic E-state index is 0.503. The molecule has 10 heavy (non-hydrogen) atoms. The van der Waals surface area contributed by atoms with Gasteiger partial charge in [0.2, 0.25) is 0 Å². The zero-order valence-corrected chi connectivity index (χ0v) is 6.51. The maximum absolute atomic E-state index is 5.36. The van der Waals surface area contributed by atoms with Crippen LogP contribution in [-0.2, 0) is 0 Å². The molecule has 3 unspecified atom stereocenters. The maximum atomic E-state index is 5.36. The van der Waals surface area contributed by atoms with Crippen LogP contribution >= 0.6 is 0 Å². The molecular weight excluding hydrogens is 120 g/mol. The quantitative estimate of drug-likeness (QED) is 0.382. The first-order valence-corrected chi connectivity index (χ1v) is 3.88. The normalized spacial score (nSPS) is 39.0. The molecule has 1 rings (SSSR count). The molecule has 0 radical (unpaired) electrons. The van der Waals surface area contributed by atoms with Crippen LogP contribution in [-0.4, -0.2) is 0 Å². The predicted octanol–water partition coefficient (Wildman–Crippen LogP) is 2.47. The summed E-state index contributed by atoms with van der Waals surface area (Å²) in [6.45, 7) is 6.02. The molecule has 3 atom stereocenters. The van der Waals surface area contributed by atoms with Crippen molar-refractivity contribution in [2.75, 3.05) is 0 Å². The van der Waals surface area contributed by atoms with Gasteiger partial charge >= 0.3 is 0 Å². The minimum atomic E-state index is 0.503. The topological polar surface area (TPSA) is 0 Å². The van der Waals surface area contributed by atoms with Crippen molar-refractivity contribution in [2.45, 2.75) is 19.8 Å². The van der Waals surface area contributed by atoms with Crippen LogP contribution in [0.15, 0.2) is 12.7 Å². The van der Waals surface area contributed by atoms with Crippen molar-refractivity contribution >= 4 is 0 Å². The lowest BCUT2D eigenvalue weighted by atomic mass is 9.92. The highest BCUT2D eigenvalue weighted by atomic mass is 14.3. The van der Waals surface area contributed by atoms with Gasteiger partial charge in [-0.3, -0.25) is 0 Å². The minimum Gasteiger partial charge on any atom is -0.120 e. The Hall–Kier alpha value is -0.700. The summed E-state index contributed by atoms with van der Waals surface area (Å²) in [4.78, 5) is 0. The summed E-state index contributed by atoms with van der Waals surface area (Å²) < 4.78 is 0. The molecule has 0 heteroatoms. The van der Waals surface area contributed by atoms with E-state index >= 15 is 0 Å². The summed E-state index contributed by atoms with van der Waals surface area (Å²) in [5, 5.41) is 0. The van der Waals surface area contributed by atoms with Crippen molar-refractivity contribution in [3.63, 3.8) is 0 Å². The fourth-order valence-electron chi connectivity index (χ4n) is 1.76. The van der Waals surface area contributed by atoms with Crippen molar-refractivity contribution in [2.24, 2.45) is 17.8 Å². The van der Waals surface area contributed by atoms with Crippen LogP contribution in [0.2, 0.25) is 0 Å². The standard InChI is InChI=1S/C10H14/c1-4-9-6-7-10(5-2)8(9)3/h1,5,8-10H,2,6-7H2,3H3. The molecule has 0 aromatic carbocycles. The number of rotatable bonds is 1. The Morgan fingerprint density at radius 2 is 2.30 bits per heavy atom. The highest BCUT2D eigenvalue weighted by Crippen LogP contribution is 2.36. The zero-order valence-electron chi connectivity index (χ0n) is 6.51. The molecule has 0 aliphatic heterocycles. The van der Waals surface area contributed by atoms with Gasteiger partial charge in [-0.05, 0) is 24.7 Å². The van der Waals surface area contributed by atoms with Gasteiger partial charge in [-0.15, -0.1) is 18.9 Å². The average Bonchev–Trinajstić information content (AvgIpc) is 2.30. The molecular formula is C10H14. The number of allylic oxidation sites excluding steroid dienone is 1. The highest BCUT2D eigenvalue weighted by molar-refractivity contribution is 5.03. The van der Waals surface area contributed by atoms with Crippen LogP contribution < -0.4 is 0 Å². The van der Waals surface area contributed by atoms with Gasteiger partial charge in [-0.2, -0.15) is 0 Å². The SMILES string of the molecule is C#CC1CCC(C=C)C1C. The van der Waals surface area contributed by atoms with Gasteiger partial charge in [0.05, 0.1) is 0 Å². The summed E-state index contributed by atoms with van der Waals surface area (Å²) in [5.41, 5.74) is 0. The van der Waals surface area contributed by atoms with E-state index in [4.69, 9.17) is 6.42 Å². The maximum Gasteiger partial charge on any atom is 0.0231 e. The van der Waals surface area contributed by atoms with Crippen molar-refractivity contribution in [1.82, 2.24) is 0 Å². The van der Waals surface area contributed by atoms with E-state index in [1.54, 1.807) is 0 Å². The van der Waals surface area contributed by atoms with E-state index in [-0.39, 0.29) is 0 Å². The smallest absolute Gasteiger partial charge is 0.0231 e. The lowest BCUT2D eigenvalue weighted by Gasteiger charge is -2.12. The molecule has 1 aliphatic carbocycles. The van der Waals surface area contributed by atoms with Gasteiger partial charge in [-0.1, -0.05) is 13.0 Å². The second-order valence-electron chi connectivity index (χ2n) is 3.11. The first-order valence-electron chi connectivity index (χ1n) is 3.88. The van der Waals surface area contributed by atoms with Crippen LogP contribution in [0.5, 0.6) is 0 Å². The molecule has 0 saturated heterocycles.